The molecule has 3 rings (SSSR count). The van der Waals surface area contributed by atoms with Crippen LogP contribution in [-0.2, 0) is 6.54 Å². The summed E-state index contributed by atoms with van der Waals surface area (Å²) in [5.74, 6) is 2.27. The fourth-order valence-corrected chi connectivity index (χ4v) is 1.94. The minimum atomic E-state index is 0.467. The first kappa shape index (κ1) is 12.2. The highest BCUT2D eigenvalue weighted by Gasteiger charge is 2.06. The number of rotatable bonds is 3. The van der Waals surface area contributed by atoms with Crippen LogP contribution >= 0.6 is 15.9 Å². The van der Waals surface area contributed by atoms with E-state index in [1.54, 1.807) is 0 Å². The van der Waals surface area contributed by atoms with Crippen LogP contribution in [0.5, 0.6) is 0 Å². The number of nitrogens with one attached hydrogen (secondary N) is 4. The summed E-state index contributed by atoms with van der Waals surface area (Å²) in [7, 11) is 0. The SMILES string of the molecule is Brc1ccc(-c2ccc(CN=C3NNNN3)o2)cc1. The first-order chi connectivity index (χ1) is 9.31. The largest absolute Gasteiger partial charge is 0.459 e. The lowest BCUT2D eigenvalue weighted by atomic mass is 10.2. The maximum atomic E-state index is 5.75. The van der Waals surface area contributed by atoms with Gasteiger partial charge < -0.3 is 4.42 Å². The average molecular weight is 322 g/mol. The molecule has 1 aliphatic rings. The first-order valence-electron chi connectivity index (χ1n) is 5.72. The van der Waals surface area contributed by atoms with E-state index in [0.29, 0.717) is 12.5 Å². The van der Waals surface area contributed by atoms with Gasteiger partial charge in [-0.25, -0.2) is 4.99 Å². The molecule has 0 amide bonds. The van der Waals surface area contributed by atoms with Crippen LogP contribution in [0, 0.1) is 0 Å². The minimum absolute atomic E-state index is 0.467. The number of hydrogen-bond acceptors (Lipinski definition) is 4. The summed E-state index contributed by atoms with van der Waals surface area (Å²) in [6.07, 6.45) is 0. The lowest BCUT2D eigenvalue weighted by Gasteiger charge is -1.98. The van der Waals surface area contributed by atoms with Crippen molar-refractivity contribution in [2.75, 3.05) is 0 Å². The van der Waals surface area contributed by atoms with Crippen LogP contribution < -0.4 is 21.9 Å². The van der Waals surface area contributed by atoms with Crippen LogP contribution in [-0.4, -0.2) is 5.96 Å². The number of aliphatic imine (C=N–C) groups is 1. The minimum Gasteiger partial charge on any atom is -0.459 e. The van der Waals surface area contributed by atoms with Crippen molar-refractivity contribution in [1.82, 2.24) is 21.9 Å². The quantitative estimate of drug-likeness (QED) is 0.692. The van der Waals surface area contributed by atoms with Crippen LogP contribution in [0.15, 0.2) is 50.3 Å². The lowest BCUT2D eigenvalue weighted by molar-refractivity contribution is 0.525. The molecule has 1 saturated heterocycles. The number of benzene rings is 1. The summed E-state index contributed by atoms with van der Waals surface area (Å²) in [6.45, 7) is 0.467. The summed E-state index contributed by atoms with van der Waals surface area (Å²) in [6, 6.07) is 11.9. The van der Waals surface area contributed by atoms with Gasteiger partial charge in [-0.2, -0.15) is 11.1 Å². The van der Waals surface area contributed by atoms with Gasteiger partial charge in [0.25, 0.3) is 0 Å². The number of nitrogens with zero attached hydrogens (tertiary/aromatic N) is 1. The zero-order chi connectivity index (χ0) is 13.1. The van der Waals surface area contributed by atoms with Gasteiger partial charge in [-0.3, -0.25) is 10.9 Å². The van der Waals surface area contributed by atoms with Gasteiger partial charge >= 0.3 is 0 Å². The number of hydrazine groups is 3. The zero-order valence-corrected chi connectivity index (χ0v) is 11.5. The van der Waals surface area contributed by atoms with Crippen LogP contribution in [0.2, 0.25) is 0 Å². The van der Waals surface area contributed by atoms with Crippen LogP contribution in [0.1, 0.15) is 5.76 Å². The molecule has 0 spiro atoms. The summed E-state index contributed by atoms with van der Waals surface area (Å²) in [5.41, 5.74) is 12.0. The first-order valence-corrected chi connectivity index (χ1v) is 6.52. The predicted octanol–water partition coefficient (Wildman–Crippen LogP) is 1.68. The Labute approximate surface area is 118 Å². The topological polar surface area (TPSA) is 73.6 Å². The second-order valence-electron chi connectivity index (χ2n) is 3.94. The van der Waals surface area contributed by atoms with E-state index in [9.17, 15) is 0 Å². The molecule has 2 heterocycles. The Balaban J connectivity index is 1.72. The van der Waals surface area contributed by atoms with Gasteiger partial charge in [-0.15, -0.1) is 0 Å². The number of halogens is 1. The zero-order valence-electron chi connectivity index (χ0n) is 9.90. The van der Waals surface area contributed by atoms with E-state index in [0.717, 1.165) is 21.6 Å². The standard InChI is InChI=1S/C12H12BrN5O/c13-9-3-1-8(2-4-9)11-6-5-10(19-11)7-14-12-15-17-18-16-12/h1-6,17-18H,7H2,(H2,14,15,16). The van der Waals surface area contributed by atoms with Gasteiger partial charge in [-0.1, -0.05) is 28.1 Å². The third kappa shape index (κ3) is 2.95. The highest BCUT2D eigenvalue weighted by Crippen LogP contribution is 2.24. The van der Waals surface area contributed by atoms with Gasteiger partial charge in [0.05, 0.1) is 0 Å². The van der Waals surface area contributed by atoms with Crippen molar-refractivity contribution in [3.63, 3.8) is 0 Å². The van der Waals surface area contributed by atoms with Crippen molar-refractivity contribution < 1.29 is 4.42 Å². The molecule has 1 aromatic carbocycles. The highest BCUT2D eigenvalue weighted by atomic mass is 79.9. The van der Waals surface area contributed by atoms with Gasteiger partial charge in [0.2, 0.25) is 5.96 Å². The Morgan fingerprint density at radius 3 is 2.47 bits per heavy atom. The molecule has 98 valence electrons. The molecule has 0 saturated carbocycles. The molecule has 1 aromatic heterocycles. The summed E-state index contributed by atoms with van der Waals surface area (Å²) >= 11 is 3.41. The van der Waals surface area contributed by atoms with E-state index in [1.165, 1.54) is 0 Å². The molecule has 7 heteroatoms. The van der Waals surface area contributed by atoms with Crippen LogP contribution in [0.4, 0.5) is 0 Å². The number of hydrogen-bond donors (Lipinski definition) is 4. The lowest BCUT2D eigenvalue weighted by Crippen LogP contribution is -2.33. The Morgan fingerprint density at radius 1 is 1.00 bits per heavy atom. The summed E-state index contributed by atoms with van der Waals surface area (Å²) < 4.78 is 6.80. The van der Waals surface area contributed by atoms with Gasteiger partial charge in [0, 0.05) is 10.0 Å². The van der Waals surface area contributed by atoms with Crippen molar-refractivity contribution >= 4 is 21.9 Å². The molecule has 0 radical (unpaired) electrons. The van der Waals surface area contributed by atoms with Crippen molar-refractivity contribution in [3.8, 4) is 11.3 Å². The molecule has 1 aliphatic heterocycles. The molecule has 4 N–H and O–H groups in total. The van der Waals surface area contributed by atoms with Crippen molar-refractivity contribution in [2.24, 2.45) is 4.99 Å². The normalized spacial score (nSPS) is 14.1. The molecular weight excluding hydrogens is 310 g/mol. The third-order valence-corrected chi connectivity index (χ3v) is 3.14. The van der Waals surface area contributed by atoms with Gasteiger partial charge in [-0.05, 0) is 24.3 Å². The van der Waals surface area contributed by atoms with E-state index >= 15 is 0 Å². The van der Waals surface area contributed by atoms with Crippen LogP contribution in [0.3, 0.4) is 0 Å². The van der Waals surface area contributed by atoms with E-state index in [2.05, 4.69) is 42.8 Å². The Morgan fingerprint density at radius 2 is 1.74 bits per heavy atom. The fourth-order valence-electron chi connectivity index (χ4n) is 1.68. The molecule has 0 unspecified atom stereocenters. The van der Waals surface area contributed by atoms with E-state index < -0.39 is 0 Å². The van der Waals surface area contributed by atoms with Crippen LogP contribution in [0.25, 0.3) is 11.3 Å². The van der Waals surface area contributed by atoms with Crippen molar-refractivity contribution in [1.29, 1.82) is 0 Å². The highest BCUT2D eigenvalue weighted by molar-refractivity contribution is 9.10. The molecule has 0 aliphatic carbocycles. The van der Waals surface area contributed by atoms with E-state index in [-0.39, 0.29) is 0 Å². The molecule has 0 atom stereocenters. The third-order valence-electron chi connectivity index (χ3n) is 2.61. The fraction of sp³-hybridized carbons (Fsp3) is 0.0833. The van der Waals surface area contributed by atoms with E-state index in [4.69, 9.17) is 4.42 Å². The maximum Gasteiger partial charge on any atom is 0.223 e. The molecule has 2 aromatic rings. The second-order valence-corrected chi connectivity index (χ2v) is 4.85. The molecule has 6 nitrogen and oxygen atoms in total. The Bertz CT molecular complexity index is 584. The van der Waals surface area contributed by atoms with Gasteiger partial charge in [0.1, 0.15) is 18.1 Å². The summed E-state index contributed by atoms with van der Waals surface area (Å²) in [5, 5.41) is 0. The Kier molecular flexibility index (Phi) is 3.49. The number of furan rings is 1. The van der Waals surface area contributed by atoms with Gasteiger partial charge in [0.15, 0.2) is 0 Å². The number of guanidine groups is 1. The second kappa shape index (κ2) is 5.43. The molecule has 0 bridgehead atoms. The molecular formula is C12H12BrN5O. The van der Waals surface area contributed by atoms with Crippen molar-refractivity contribution in [2.45, 2.75) is 6.54 Å². The maximum absolute atomic E-state index is 5.75. The molecule has 19 heavy (non-hydrogen) atoms. The van der Waals surface area contributed by atoms with Crippen molar-refractivity contribution in [3.05, 3.63) is 46.6 Å². The smallest absolute Gasteiger partial charge is 0.223 e. The predicted molar refractivity (Wildman–Crippen MR) is 75.5 cm³/mol. The van der Waals surface area contributed by atoms with E-state index in [1.807, 2.05) is 36.4 Å². The molecule has 1 fully saturated rings. The average Bonchev–Trinajstić information content (AvgIpc) is 3.09. The summed E-state index contributed by atoms with van der Waals surface area (Å²) in [4.78, 5) is 4.28. The Hall–Kier alpha value is -1.83. The monoisotopic (exact) mass is 321 g/mol.